The average Bonchev–Trinajstić information content (AvgIpc) is 2.38. The molecule has 2 N–H and O–H groups in total. The lowest BCUT2D eigenvalue weighted by molar-refractivity contribution is 0.0921. The smallest absolute Gasteiger partial charge is 0.270 e. The van der Waals surface area contributed by atoms with Gasteiger partial charge >= 0.3 is 0 Å². The Balaban J connectivity index is 2.27. The zero-order valence-corrected chi connectivity index (χ0v) is 11.4. The molecule has 0 aliphatic rings. The van der Waals surface area contributed by atoms with Crippen LogP contribution < -0.4 is 10.9 Å². The maximum atomic E-state index is 12.2. The Morgan fingerprint density at radius 2 is 2.20 bits per heavy atom. The van der Waals surface area contributed by atoms with Crippen molar-refractivity contribution < 1.29 is 9.90 Å². The predicted octanol–water partition coefficient (Wildman–Crippen LogP) is 0.584. The number of carbonyl (C=O) groups excluding carboxylic acids is 1. The summed E-state index contributed by atoms with van der Waals surface area (Å²) in [5.41, 5.74) is 0.0783. The molecule has 106 valence electrons. The molecule has 0 aliphatic heterocycles. The van der Waals surface area contributed by atoms with E-state index >= 15 is 0 Å². The first-order valence-corrected chi connectivity index (χ1v) is 6.44. The molecule has 1 amide bonds. The Bertz CT molecular complexity index is 679. The van der Waals surface area contributed by atoms with Gasteiger partial charge in [0.15, 0.2) is 0 Å². The summed E-state index contributed by atoms with van der Waals surface area (Å²) in [6.07, 6.45) is 2.76. The lowest BCUT2D eigenvalue weighted by Gasteiger charge is -2.15. The number of fused-ring (bicyclic) bond motifs is 1. The van der Waals surface area contributed by atoms with Gasteiger partial charge in [0.05, 0.1) is 6.10 Å². The van der Waals surface area contributed by atoms with Crippen molar-refractivity contribution in [2.45, 2.75) is 32.4 Å². The van der Waals surface area contributed by atoms with Gasteiger partial charge in [0.1, 0.15) is 11.2 Å². The van der Waals surface area contributed by atoms with Crippen molar-refractivity contribution in [2.75, 3.05) is 0 Å². The molecule has 2 unspecified atom stereocenters. The third kappa shape index (κ3) is 3.03. The number of aromatic nitrogens is 2. The number of pyridine rings is 1. The van der Waals surface area contributed by atoms with Crippen LogP contribution in [-0.4, -0.2) is 32.5 Å². The zero-order valence-electron chi connectivity index (χ0n) is 11.4. The van der Waals surface area contributed by atoms with Gasteiger partial charge in [0, 0.05) is 18.4 Å². The van der Waals surface area contributed by atoms with E-state index in [1.54, 1.807) is 38.2 Å². The first-order valence-electron chi connectivity index (χ1n) is 6.44. The van der Waals surface area contributed by atoms with Crippen molar-refractivity contribution in [1.82, 2.24) is 14.7 Å². The van der Waals surface area contributed by atoms with Crippen molar-refractivity contribution in [3.63, 3.8) is 0 Å². The van der Waals surface area contributed by atoms with Crippen molar-refractivity contribution in [3.8, 4) is 0 Å². The monoisotopic (exact) mass is 275 g/mol. The zero-order chi connectivity index (χ0) is 14.7. The molecule has 0 fully saturated rings. The number of carbonyl (C=O) groups is 1. The minimum absolute atomic E-state index is 0.00820. The number of hydrogen-bond acceptors (Lipinski definition) is 4. The molecular formula is C14H17N3O3. The summed E-state index contributed by atoms with van der Waals surface area (Å²) in [6, 6.07) is 4.94. The van der Waals surface area contributed by atoms with E-state index < -0.39 is 17.6 Å². The first kappa shape index (κ1) is 14.2. The normalized spacial score (nSPS) is 13.9. The minimum atomic E-state index is -0.513. The third-order valence-electron chi connectivity index (χ3n) is 2.93. The third-order valence-corrected chi connectivity index (χ3v) is 2.93. The summed E-state index contributed by atoms with van der Waals surface area (Å²) in [5, 5.41) is 12.0. The second kappa shape index (κ2) is 5.83. The molecule has 0 aliphatic carbocycles. The Kier molecular flexibility index (Phi) is 4.14. The molecule has 2 heterocycles. The number of amides is 1. The number of aliphatic hydroxyl groups excluding tert-OH is 1. The van der Waals surface area contributed by atoms with E-state index in [4.69, 9.17) is 0 Å². The molecule has 2 rings (SSSR count). The van der Waals surface area contributed by atoms with Crippen LogP contribution >= 0.6 is 0 Å². The van der Waals surface area contributed by atoms with Crippen LogP contribution in [-0.2, 0) is 0 Å². The van der Waals surface area contributed by atoms with E-state index in [0.717, 1.165) is 0 Å². The molecule has 0 radical (unpaired) electrons. The Morgan fingerprint density at radius 1 is 1.45 bits per heavy atom. The van der Waals surface area contributed by atoms with Gasteiger partial charge in [0.25, 0.3) is 11.5 Å². The number of nitrogens with zero attached hydrogens (tertiary/aromatic N) is 2. The molecule has 0 aromatic carbocycles. The molecule has 0 bridgehead atoms. The molecule has 0 saturated carbocycles. The lowest BCUT2D eigenvalue weighted by Crippen LogP contribution is -2.38. The van der Waals surface area contributed by atoms with E-state index in [1.165, 1.54) is 10.6 Å². The Hall–Kier alpha value is -2.21. The molecule has 0 saturated heterocycles. The fourth-order valence-corrected chi connectivity index (χ4v) is 2.05. The molecule has 20 heavy (non-hydrogen) atoms. The largest absolute Gasteiger partial charge is 0.393 e. The standard InChI is InChI=1S/C14H17N3O3/c1-9(7-10(2)18)16-13(19)11-8-15-12-5-3-4-6-17(12)14(11)20/h3-6,8-10,18H,7H2,1-2H3,(H,16,19). The van der Waals surface area contributed by atoms with Crippen molar-refractivity contribution in [3.05, 3.63) is 46.5 Å². The molecule has 2 aromatic rings. The van der Waals surface area contributed by atoms with Crippen molar-refractivity contribution in [1.29, 1.82) is 0 Å². The van der Waals surface area contributed by atoms with E-state index in [2.05, 4.69) is 10.3 Å². The second-order valence-electron chi connectivity index (χ2n) is 4.87. The Morgan fingerprint density at radius 3 is 2.90 bits per heavy atom. The minimum Gasteiger partial charge on any atom is -0.393 e. The predicted molar refractivity (Wildman–Crippen MR) is 74.7 cm³/mol. The maximum absolute atomic E-state index is 12.2. The number of hydrogen-bond donors (Lipinski definition) is 2. The van der Waals surface area contributed by atoms with E-state index in [9.17, 15) is 14.7 Å². The van der Waals surface area contributed by atoms with Crippen LogP contribution in [0.4, 0.5) is 0 Å². The van der Waals surface area contributed by atoms with E-state index in [1.807, 2.05) is 0 Å². The fourth-order valence-electron chi connectivity index (χ4n) is 2.05. The van der Waals surface area contributed by atoms with Crippen LogP contribution in [0, 0.1) is 0 Å². The van der Waals surface area contributed by atoms with Crippen LogP contribution in [0.2, 0.25) is 0 Å². The first-order chi connectivity index (χ1) is 9.49. The Labute approximate surface area is 116 Å². The highest BCUT2D eigenvalue weighted by molar-refractivity contribution is 5.93. The van der Waals surface area contributed by atoms with Gasteiger partial charge in [-0.15, -0.1) is 0 Å². The average molecular weight is 275 g/mol. The number of nitrogens with one attached hydrogen (secondary N) is 1. The van der Waals surface area contributed by atoms with Crippen LogP contribution in [0.25, 0.3) is 5.65 Å². The highest BCUT2D eigenvalue weighted by atomic mass is 16.3. The van der Waals surface area contributed by atoms with Crippen molar-refractivity contribution >= 4 is 11.6 Å². The van der Waals surface area contributed by atoms with E-state index in [0.29, 0.717) is 12.1 Å². The van der Waals surface area contributed by atoms with Crippen LogP contribution in [0.15, 0.2) is 35.4 Å². The second-order valence-corrected chi connectivity index (χ2v) is 4.87. The van der Waals surface area contributed by atoms with Gasteiger partial charge in [-0.25, -0.2) is 4.98 Å². The van der Waals surface area contributed by atoms with Crippen molar-refractivity contribution in [2.24, 2.45) is 0 Å². The molecular weight excluding hydrogens is 258 g/mol. The van der Waals surface area contributed by atoms with Gasteiger partial charge in [-0.3, -0.25) is 14.0 Å². The summed E-state index contributed by atoms with van der Waals surface area (Å²) in [7, 11) is 0. The fraction of sp³-hybridized carbons (Fsp3) is 0.357. The summed E-state index contributed by atoms with van der Waals surface area (Å²) in [6.45, 7) is 3.42. The highest BCUT2D eigenvalue weighted by Gasteiger charge is 2.16. The van der Waals surface area contributed by atoms with Crippen LogP contribution in [0.3, 0.4) is 0 Å². The topological polar surface area (TPSA) is 83.7 Å². The maximum Gasteiger partial charge on any atom is 0.270 e. The van der Waals surface area contributed by atoms with Crippen LogP contribution in [0.5, 0.6) is 0 Å². The van der Waals surface area contributed by atoms with Gasteiger partial charge in [-0.05, 0) is 32.4 Å². The summed E-state index contributed by atoms with van der Waals surface area (Å²) < 4.78 is 1.33. The molecule has 2 atom stereocenters. The lowest BCUT2D eigenvalue weighted by atomic mass is 10.1. The molecule has 6 nitrogen and oxygen atoms in total. The van der Waals surface area contributed by atoms with E-state index in [-0.39, 0.29) is 11.6 Å². The number of aliphatic hydroxyl groups is 1. The van der Waals surface area contributed by atoms with Gasteiger partial charge < -0.3 is 10.4 Å². The summed E-state index contributed by atoms with van der Waals surface area (Å²) in [4.78, 5) is 28.3. The van der Waals surface area contributed by atoms with Crippen LogP contribution in [0.1, 0.15) is 30.6 Å². The molecule has 2 aromatic heterocycles. The van der Waals surface area contributed by atoms with Gasteiger partial charge in [-0.1, -0.05) is 6.07 Å². The summed E-state index contributed by atoms with van der Waals surface area (Å²) in [5.74, 6) is -0.478. The SMILES string of the molecule is CC(O)CC(C)NC(=O)c1cnc2ccccn2c1=O. The van der Waals surface area contributed by atoms with Gasteiger partial charge in [0.2, 0.25) is 0 Å². The summed E-state index contributed by atoms with van der Waals surface area (Å²) >= 11 is 0. The quantitative estimate of drug-likeness (QED) is 0.855. The molecule has 0 spiro atoms. The van der Waals surface area contributed by atoms with Gasteiger partial charge in [-0.2, -0.15) is 0 Å². The molecule has 6 heteroatoms. The highest BCUT2D eigenvalue weighted by Crippen LogP contribution is 2.00. The number of rotatable bonds is 4.